The highest BCUT2D eigenvalue weighted by Gasteiger charge is 2.25. The summed E-state index contributed by atoms with van der Waals surface area (Å²) in [6, 6.07) is 79.6. The second-order valence-electron chi connectivity index (χ2n) is 14.6. The molecule has 0 bridgehead atoms. The average molecular weight is 776 g/mol. The molecule has 5 heteroatoms. The molecule has 0 aliphatic rings. The van der Waals surface area contributed by atoms with Crippen molar-refractivity contribution in [2.24, 2.45) is 0 Å². The highest BCUT2D eigenvalue weighted by atomic mass is 32.1. The van der Waals surface area contributed by atoms with Crippen LogP contribution in [0.2, 0.25) is 0 Å². The molecule has 0 radical (unpaired) electrons. The Morgan fingerprint density at radius 3 is 1.31 bits per heavy atom. The molecule has 0 saturated carbocycles. The monoisotopic (exact) mass is 775 g/mol. The molecular formula is C54H37N3OS. The van der Waals surface area contributed by atoms with Crippen molar-refractivity contribution in [2.45, 2.75) is 0 Å². The number of benzene rings is 9. The topological polar surface area (TPSA) is 22.9 Å². The van der Waals surface area contributed by atoms with Crippen LogP contribution in [-0.2, 0) is 0 Å². The molecule has 0 spiro atoms. The lowest BCUT2D eigenvalue weighted by atomic mass is 10.1. The number of furan rings is 1. The van der Waals surface area contributed by atoms with Gasteiger partial charge >= 0.3 is 0 Å². The van der Waals surface area contributed by atoms with Crippen LogP contribution in [-0.4, -0.2) is 0 Å². The Bertz CT molecular complexity index is 3140. The van der Waals surface area contributed by atoms with E-state index in [4.69, 9.17) is 4.42 Å². The van der Waals surface area contributed by atoms with Gasteiger partial charge in [0.2, 0.25) is 0 Å². The van der Waals surface area contributed by atoms with Gasteiger partial charge in [0.05, 0.1) is 5.69 Å². The van der Waals surface area contributed by atoms with Crippen molar-refractivity contribution in [1.82, 2.24) is 0 Å². The molecule has 280 valence electrons. The second kappa shape index (κ2) is 14.7. The molecule has 0 atom stereocenters. The molecule has 11 rings (SSSR count). The van der Waals surface area contributed by atoms with Crippen molar-refractivity contribution in [3.63, 3.8) is 0 Å². The van der Waals surface area contributed by atoms with E-state index in [0.717, 1.165) is 73.1 Å². The molecule has 0 amide bonds. The predicted octanol–water partition coefficient (Wildman–Crippen LogP) is 16.4. The van der Waals surface area contributed by atoms with Crippen molar-refractivity contribution in [3.05, 3.63) is 224 Å². The number of thiophene rings is 1. The van der Waals surface area contributed by atoms with E-state index in [-0.39, 0.29) is 0 Å². The number of hydrogen-bond donors (Lipinski definition) is 0. The van der Waals surface area contributed by atoms with Gasteiger partial charge in [0, 0.05) is 82.5 Å². The van der Waals surface area contributed by atoms with E-state index < -0.39 is 0 Å². The number of anilines is 9. The minimum Gasteiger partial charge on any atom is -0.454 e. The Hall–Kier alpha value is -7.60. The van der Waals surface area contributed by atoms with Crippen molar-refractivity contribution in [3.8, 4) is 0 Å². The highest BCUT2D eigenvalue weighted by molar-refractivity contribution is 7.25. The fraction of sp³-hybridized carbons (Fsp3) is 0. The molecule has 2 aromatic heterocycles. The first-order valence-corrected chi connectivity index (χ1v) is 20.7. The van der Waals surface area contributed by atoms with Gasteiger partial charge in [-0.05, 0) is 109 Å². The molecule has 11 aromatic rings. The molecule has 0 unspecified atom stereocenters. The number of rotatable bonds is 9. The molecule has 0 aliphatic heterocycles. The summed E-state index contributed by atoms with van der Waals surface area (Å²) in [5, 5.41) is 4.58. The number of nitrogens with zero attached hydrogens (tertiary/aromatic N) is 3. The van der Waals surface area contributed by atoms with E-state index in [9.17, 15) is 0 Å². The summed E-state index contributed by atoms with van der Waals surface area (Å²) in [5.74, 6) is 0. The number of fused-ring (bicyclic) bond motifs is 6. The Balaban J connectivity index is 1.19. The van der Waals surface area contributed by atoms with Crippen LogP contribution in [0.4, 0.5) is 51.2 Å². The van der Waals surface area contributed by atoms with Crippen LogP contribution in [0.1, 0.15) is 0 Å². The predicted molar refractivity (Wildman–Crippen MR) is 251 cm³/mol. The van der Waals surface area contributed by atoms with Crippen molar-refractivity contribution >= 4 is 105 Å². The summed E-state index contributed by atoms with van der Waals surface area (Å²) in [4.78, 5) is 6.97. The Morgan fingerprint density at radius 2 is 0.729 bits per heavy atom. The summed E-state index contributed by atoms with van der Waals surface area (Å²) in [6.45, 7) is 0. The standard InChI is InChI=1S/C54H37N3OS/c1-6-18-38(19-7-1)55(39-20-8-2-9-21-39)44-30-32-46-49-35-45(56(40-22-10-3-11-23-40)41-24-12-4-13-25-41)36-50(54(49)58-51(46)37-44)57(42-26-14-5-15-27-42)43-31-33-53-48(34-43)47-28-16-17-29-52(47)59-53/h1-37H. The summed E-state index contributed by atoms with van der Waals surface area (Å²) in [7, 11) is 0. The van der Waals surface area contributed by atoms with E-state index >= 15 is 0 Å². The summed E-state index contributed by atoms with van der Waals surface area (Å²) in [6.07, 6.45) is 0. The van der Waals surface area contributed by atoms with Crippen molar-refractivity contribution in [1.29, 1.82) is 0 Å². The minimum absolute atomic E-state index is 0.811. The van der Waals surface area contributed by atoms with Crippen LogP contribution >= 0.6 is 11.3 Å². The lowest BCUT2D eigenvalue weighted by Gasteiger charge is -2.29. The lowest BCUT2D eigenvalue weighted by molar-refractivity contribution is 0.669. The summed E-state index contributed by atoms with van der Waals surface area (Å²) >= 11 is 1.83. The SMILES string of the molecule is c1ccc(N(c2ccccc2)c2ccc3c(c2)oc2c(N(c4ccccc4)c4ccc5sc6ccccc6c5c4)cc(N(c4ccccc4)c4ccccc4)cc23)cc1. The van der Waals surface area contributed by atoms with Crippen LogP contribution in [0.3, 0.4) is 0 Å². The Labute approximate surface area is 346 Å². The van der Waals surface area contributed by atoms with Gasteiger partial charge in [-0.2, -0.15) is 0 Å². The smallest absolute Gasteiger partial charge is 0.159 e. The molecule has 0 fully saturated rings. The molecule has 4 nitrogen and oxygen atoms in total. The van der Waals surface area contributed by atoms with Crippen LogP contribution in [0.5, 0.6) is 0 Å². The van der Waals surface area contributed by atoms with Crippen LogP contribution in [0.15, 0.2) is 229 Å². The largest absolute Gasteiger partial charge is 0.454 e. The van der Waals surface area contributed by atoms with Crippen molar-refractivity contribution in [2.75, 3.05) is 14.7 Å². The van der Waals surface area contributed by atoms with E-state index in [1.165, 1.54) is 20.2 Å². The summed E-state index contributed by atoms with van der Waals surface area (Å²) in [5.41, 5.74) is 11.0. The van der Waals surface area contributed by atoms with E-state index in [0.29, 0.717) is 0 Å². The first-order chi connectivity index (χ1) is 29.3. The molecule has 9 aromatic carbocycles. The van der Waals surface area contributed by atoms with E-state index in [2.05, 4.69) is 239 Å². The first kappa shape index (κ1) is 34.6. The molecule has 59 heavy (non-hydrogen) atoms. The zero-order chi connectivity index (χ0) is 39.1. The van der Waals surface area contributed by atoms with Gasteiger partial charge in [-0.25, -0.2) is 0 Å². The van der Waals surface area contributed by atoms with Gasteiger partial charge in [0.1, 0.15) is 5.58 Å². The third-order valence-electron chi connectivity index (χ3n) is 11.0. The summed E-state index contributed by atoms with van der Waals surface area (Å²) < 4.78 is 9.72. The quantitative estimate of drug-likeness (QED) is 0.146. The maximum Gasteiger partial charge on any atom is 0.159 e. The zero-order valence-corrected chi connectivity index (χ0v) is 32.8. The normalized spacial score (nSPS) is 11.4. The highest BCUT2D eigenvalue weighted by Crippen LogP contribution is 2.49. The van der Waals surface area contributed by atoms with Gasteiger partial charge in [0.25, 0.3) is 0 Å². The van der Waals surface area contributed by atoms with Crippen molar-refractivity contribution < 1.29 is 4.42 Å². The Kier molecular flexibility index (Phi) is 8.64. The van der Waals surface area contributed by atoms with Gasteiger partial charge in [-0.15, -0.1) is 11.3 Å². The van der Waals surface area contributed by atoms with E-state index in [1.807, 2.05) is 11.3 Å². The number of para-hydroxylation sites is 5. The first-order valence-electron chi connectivity index (χ1n) is 19.8. The van der Waals surface area contributed by atoms with Crippen LogP contribution in [0, 0.1) is 0 Å². The lowest BCUT2D eigenvalue weighted by Crippen LogP contribution is -2.13. The zero-order valence-electron chi connectivity index (χ0n) is 32.0. The molecular weight excluding hydrogens is 739 g/mol. The fourth-order valence-corrected chi connectivity index (χ4v) is 9.41. The van der Waals surface area contributed by atoms with Gasteiger partial charge < -0.3 is 19.1 Å². The van der Waals surface area contributed by atoms with E-state index in [1.54, 1.807) is 0 Å². The number of hydrogen-bond acceptors (Lipinski definition) is 5. The van der Waals surface area contributed by atoms with Gasteiger partial charge in [0.15, 0.2) is 5.58 Å². The third-order valence-corrected chi connectivity index (χ3v) is 12.1. The molecule has 0 saturated heterocycles. The maximum absolute atomic E-state index is 7.17. The second-order valence-corrected chi connectivity index (χ2v) is 15.7. The average Bonchev–Trinajstić information content (AvgIpc) is 3.86. The van der Waals surface area contributed by atoms with Gasteiger partial charge in [-0.3, -0.25) is 0 Å². The molecule has 2 heterocycles. The van der Waals surface area contributed by atoms with Crippen LogP contribution < -0.4 is 14.7 Å². The van der Waals surface area contributed by atoms with Crippen LogP contribution in [0.25, 0.3) is 42.1 Å². The third kappa shape index (κ3) is 6.25. The fourth-order valence-electron chi connectivity index (χ4n) is 8.33. The maximum atomic E-state index is 7.17. The van der Waals surface area contributed by atoms with Gasteiger partial charge in [-0.1, -0.05) is 109 Å². The molecule has 0 N–H and O–H groups in total. The molecule has 0 aliphatic carbocycles. The Morgan fingerprint density at radius 1 is 0.288 bits per heavy atom. The minimum atomic E-state index is 0.811.